The summed E-state index contributed by atoms with van der Waals surface area (Å²) in [5, 5.41) is 0. The number of hydrogen-bond acceptors (Lipinski definition) is 0. The second-order valence-corrected chi connectivity index (χ2v) is 3.12. The fourth-order valence-electron chi connectivity index (χ4n) is 2.17. The molecule has 2 bridgehead atoms. The minimum absolute atomic E-state index is 0. The van der Waals surface area contributed by atoms with E-state index in [0.29, 0.717) is 0 Å². The zero-order valence-electron chi connectivity index (χ0n) is 7.40. The normalized spacial score (nSPS) is 42.0. The Bertz CT molecular complexity index is 69.7. The van der Waals surface area contributed by atoms with Crippen LogP contribution in [0.1, 0.15) is 35.0 Å². The molecule has 8 heavy (non-hydrogen) atoms. The Morgan fingerprint density at radius 1 is 0.875 bits per heavy atom. The van der Waals surface area contributed by atoms with Gasteiger partial charge < -0.3 is 2.85 Å². The van der Waals surface area contributed by atoms with Gasteiger partial charge in [0, 0.05) is 0 Å². The molecule has 0 saturated heterocycles. The van der Waals surface area contributed by atoms with E-state index in [1.165, 1.54) is 11.8 Å². The molecule has 2 aliphatic carbocycles. The first-order chi connectivity index (χ1) is 3.45. The summed E-state index contributed by atoms with van der Waals surface area (Å²) in [4.78, 5) is 0. The summed E-state index contributed by atoms with van der Waals surface area (Å²) in [6.45, 7) is 0. The zero-order chi connectivity index (χ0) is 4.69. The van der Waals surface area contributed by atoms with Crippen LogP contribution in [0.2, 0.25) is 0 Å². The quantitative estimate of drug-likeness (QED) is 0.564. The van der Waals surface area contributed by atoms with Gasteiger partial charge in [0.15, 0.2) is 0 Å². The topological polar surface area (TPSA) is 0 Å². The van der Waals surface area contributed by atoms with Gasteiger partial charge in [-0.25, -0.2) is 0 Å². The molecule has 0 amide bonds. The molecule has 2 aliphatic rings. The maximum atomic E-state index is 1.58. The molecule has 0 heterocycles. The Kier molecular flexibility index (Phi) is 2.98. The molecule has 1 heteroatoms. The van der Waals surface area contributed by atoms with E-state index in [9.17, 15) is 0 Å². The van der Waals surface area contributed by atoms with Crippen molar-refractivity contribution in [3.63, 3.8) is 0 Å². The van der Waals surface area contributed by atoms with Crippen LogP contribution in [-0.4, -0.2) is 48.9 Å². The third-order valence-corrected chi connectivity index (χ3v) is 2.63. The van der Waals surface area contributed by atoms with Gasteiger partial charge in [-0.2, -0.15) is 0 Å². The van der Waals surface area contributed by atoms with Gasteiger partial charge in [0.05, 0.1) is 0 Å². The van der Waals surface area contributed by atoms with Crippen LogP contribution in [0.4, 0.5) is 0 Å². The molecule has 0 atom stereocenters. The summed E-state index contributed by atoms with van der Waals surface area (Å²) >= 11 is 0. The molecule has 0 aromatic carbocycles. The van der Waals surface area contributed by atoms with Gasteiger partial charge in [-0.3, -0.25) is 0 Å². The van der Waals surface area contributed by atoms with Crippen LogP contribution in [0.25, 0.3) is 0 Å². The van der Waals surface area contributed by atoms with Crippen molar-refractivity contribution >= 4 is 48.9 Å². The molecule has 0 nitrogen and oxygen atoms in total. The molecule has 2 fully saturated rings. The molecular weight excluding hydrogens is 221 g/mol. The van der Waals surface area contributed by atoms with Crippen LogP contribution in [0.5, 0.6) is 0 Å². The van der Waals surface area contributed by atoms with Crippen LogP contribution in [0.15, 0.2) is 0 Å². The molecule has 0 aliphatic heterocycles. The first-order valence-corrected chi connectivity index (χ1v) is 3.45. The third-order valence-electron chi connectivity index (χ3n) is 2.63. The van der Waals surface area contributed by atoms with Crippen molar-refractivity contribution in [2.75, 3.05) is 0 Å². The Labute approximate surface area is 94.5 Å². The SMILES string of the molecule is C1CC2CCC1C2.[Ba+2].[H-].[H-]. The van der Waals surface area contributed by atoms with Gasteiger partial charge in [-0.05, 0) is 18.3 Å². The Balaban J connectivity index is 0. The average molecular weight is 236 g/mol. The van der Waals surface area contributed by atoms with Gasteiger partial charge in [0.1, 0.15) is 0 Å². The molecule has 0 aromatic heterocycles. The van der Waals surface area contributed by atoms with Crippen LogP contribution in [-0.2, 0) is 0 Å². The van der Waals surface area contributed by atoms with Crippen molar-refractivity contribution in [2.24, 2.45) is 11.8 Å². The summed E-state index contributed by atoms with van der Waals surface area (Å²) in [5.74, 6) is 2.34. The van der Waals surface area contributed by atoms with E-state index in [4.69, 9.17) is 0 Å². The van der Waals surface area contributed by atoms with Gasteiger partial charge in [-0.1, -0.05) is 25.7 Å². The molecule has 0 radical (unpaired) electrons. The van der Waals surface area contributed by atoms with Crippen molar-refractivity contribution in [3.05, 3.63) is 0 Å². The molecule has 2 saturated carbocycles. The van der Waals surface area contributed by atoms with Gasteiger partial charge in [0.25, 0.3) is 0 Å². The average Bonchev–Trinajstić information content (AvgIpc) is 2.22. The largest absolute Gasteiger partial charge is 2.00 e. The number of hydrogen-bond donors (Lipinski definition) is 0. The maximum Gasteiger partial charge on any atom is 2.00 e. The van der Waals surface area contributed by atoms with E-state index < -0.39 is 0 Å². The number of rotatable bonds is 0. The van der Waals surface area contributed by atoms with Crippen molar-refractivity contribution in [1.29, 1.82) is 0 Å². The number of fused-ring (bicyclic) bond motifs is 2. The van der Waals surface area contributed by atoms with Crippen molar-refractivity contribution in [1.82, 2.24) is 0 Å². The maximum absolute atomic E-state index is 1.58. The molecule has 0 N–H and O–H groups in total. The van der Waals surface area contributed by atoms with Crippen molar-refractivity contribution < 1.29 is 2.85 Å². The van der Waals surface area contributed by atoms with E-state index in [2.05, 4.69) is 0 Å². The predicted octanol–water partition coefficient (Wildman–Crippen LogP) is 2.04. The summed E-state index contributed by atoms with van der Waals surface area (Å²) in [6, 6.07) is 0. The van der Waals surface area contributed by atoms with Crippen LogP contribution in [0, 0.1) is 11.8 Å². The van der Waals surface area contributed by atoms with E-state index in [1.807, 2.05) is 0 Å². The summed E-state index contributed by atoms with van der Waals surface area (Å²) in [5.41, 5.74) is 0. The van der Waals surface area contributed by atoms with Crippen molar-refractivity contribution in [2.45, 2.75) is 32.1 Å². The second kappa shape index (κ2) is 3.11. The fourth-order valence-corrected chi connectivity index (χ4v) is 2.17. The van der Waals surface area contributed by atoms with Crippen LogP contribution >= 0.6 is 0 Å². The van der Waals surface area contributed by atoms with E-state index >= 15 is 0 Å². The zero-order valence-corrected chi connectivity index (χ0v) is 9.84. The summed E-state index contributed by atoms with van der Waals surface area (Å²) in [7, 11) is 0. The third kappa shape index (κ3) is 1.35. The van der Waals surface area contributed by atoms with Gasteiger partial charge >= 0.3 is 48.9 Å². The Morgan fingerprint density at radius 3 is 1.38 bits per heavy atom. The monoisotopic (exact) mass is 236 g/mol. The van der Waals surface area contributed by atoms with Crippen molar-refractivity contribution in [3.8, 4) is 0 Å². The first-order valence-electron chi connectivity index (χ1n) is 3.45. The first kappa shape index (κ1) is 7.68. The summed E-state index contributed by atoms with van der Waals surface area (Å²) in [6.07, 6.45) is 7.82. The standard InChI is InChI=1S/C7H12.Ba.2H/c1-2-7-4-3-6(1)5-7;;;/h6-7H,1-5H2;;;/q;+2;2*-1. The van der Waals surface area contributed by atoms with Gasteiger partial charge in [0.2, 0.25) is 0 Å². The summed E-state index contributed by atoms with van der Waals surface area (Å²) < 4.78 is 0. The van der Waals surface area contributed by atoms with E-state index in [0.717, 1.165) is 0 Å². The minimum Gasteiger partial charge on any atom is -1.00 e. The molecule has 0 aromatic rings. The molecule has 0 unspecified atom stereocenters. The fraction of sp³-hybridized carbons (Fsp3) is 1.00. The van der Waals surface area contributed by atoms with Crippen LogP contribution < -0.4 is 0 Å². The van der Waals surface area contributed by atoms with E-state index in [1.54, 1.807) is 32.1 Å². The minimum atomic E-state index is 0. The molecular formula is C7H14Ba. The second-order valence-electron chi connectivity index (χ2n) is 3.12. The smallest absolute Gasteiger partial charge is 1.00 e. The van der Waals surface area contributed by atoms with Gasteiger partial charge in [-0.15, -0.1) is 0 Å². The van der Waals surface area contributed by atoms with E-state index in [-0.39, 0.29) is 51.7 Å². The molecule has 44 valence electrons. The van der Waals surface area contributed by atoms with Crippen LogP contribution in [0.3, 0.4) is 0 Å². The predicted molar refractivity (Wildman–Crippen MR) is 38.0 cm³/mol. The Hall–Kier alpha value is 1.57. The molecule has 2 rings (SSSR count). The molecule has 0 spiro atoms. The Morgan fingerprint density at radius 2 is 1.25 bits per heavy atom.